The Morgan fingerprint density at radius 1 is 1.08 bits per heavy atom. The Morgan fingerprint density at radius 3 is 2.31 bits per heavy atom. The number of fused-ring (bicyclic) bond motifs is 2. The fourth-order valence-corrected chi connectivity index (χ4v) is 6.72. The van der Waals surface area contributed by atoms with Crippen LogP contribution in [0.5, 0.6) is 0 Å². The van der Waals surface area contributed by atoms with E-state index in [0.717, 1.165) is 47.7 Å². The molecular weight excluding hydrogens is 508 g/mol. The van der Waals surface area contributed by atoms with E-state index >= 15 is 0 Å². The number of rotatable bonds is 8. The smallest absolute Gasteiger partial charge is 0.410 e. The molecule has 2 amide bonds. The van der Waals surface area contributed by atoms with Crippen LogP contribution in [0, 0.1) is 24.7 Å². The van der Waals surface area contributed by atoms with Gasteiger partial charge in [-0.25, -0.2) is 9.48 Å². The number of likely N-dealkylation sites (tertiary alicyclic amines) is 1. The van der Waals surface area contributed by atoms with Gasteiger partial charge in [-0.05, 0) is 77.8 Å². The van der Waals surface area contributed by atoms with Crippen LogP contribution in [0.4, 0.5) is 4.79 Å². The highest BCUT2D eigenvalue weighted by atomic mass is 28.3. The molecule has 4 rings (SSSR count). The summed E-state index contributed by atoms with van der Waals surface area (Å²) in [5.41, 5.74) is 1.91. The van der Waals surface area contributed by atoms with E-state index in [1.807, 2.05) is 50.3 Å². The van der Waals surface area contributed by atoms with Gasteiger partial charge in [-0.2, -0.15) is 5.10 Å². The minimum absolute atomic E-state index is 0.0555. The zero-order valence-corrected chi connectivity index (χ0v) is 26.4. The van der Waals surface area contributed by atoms with Gasteiger partial charge in [0.15, 0.2) is 0 Å². The van der Waals surface area contributed by atoms with Crippen LogP contribution in [0.15, 0.2) is 18.2 Å². The molecule has 1 aliphatic carbocycles. The molecule has 1 aromatic carbocycles. The molecule has 2 fully saturated rings. The van der Waals surface area contributed by atoms with E-state index in [1.54, 1.807) is 0 Å². The van der Waals surface area contributed by atoms with E-state index in [-0.39, 0.29) is 17.9 Å². The number of ether oxygens (including phenoxy) is 2. The molecule has 2 aliphatic rings. The molecule has 2 heterocycles. The number of aromatic nitrogens is 2. The molecule has 9 heteroatoms. The third-order valence-electron chi connectivity index (χ3n) is 7.98. The lowest BCUT2D eigenvalue weighted by atomic mass is 9.94. The molecule has 0 unspecified atom stereocenters. The highest BCUT2D eigenvalue weighted by Gasteiger charge is 2.46. The number of nitrogens with one attached hydrogen (secondary N) is 1. The molecule has 0 bridgehead atoms. The van der Waals surface area contributed by atoms with Crippen molar-refractivity contribution in [3.63, 3.8) is 0 Å². The molecule has 3 atom stereocenters. The maximum absolute atomic E-state index is 13.5. The first kappa shape index (κ1) is 29.6. The van der Waals surface area contributed by atoms with Crippen molar-refractivity contribution in [1.82, 2.24) is 20.0 Å². The summed E-state index contributed by atoms with van der Waals surface area (Å²) >= 11 is 0. The van der Waals surface area contributed by atoms with Crippen molar-refractivity contribution in [3.05, 3.63) is 29.5 Å². The van der Waals surface area contributed by atoms with Crippen LogP contribution in [0.2, 0.25) is 25.7 Å². The van der Waals surface area contributed by atoms with Gasteiger partial charge in [0.25, 0.3) is 0 Å². The molecule has 39 heavy (non-hydrogen) atoms. The summed E-state index contributed by atoms with van der Waals surface area (Å²) in [6.07, 6.45) is 1.34. The number of nitrogens with zero attached hydrogens (tertiary/aromatic N) is 3. The van der Waals surface area contributed by atoms with E-state index in [4.69, 9.17) is 14.6 Å². The second kappa shape index (κ2) is 10.9. The Kier molecular flexibility index (Phi) is 8.25. The van der Waals surface area contributed by atoms with Gasteiger partial charge in [0.2, 0.25) is 5.91 Å². The number of benzene rings is 1. The predicted octanol–water partition coefficient (Wildman–Crippen LogP) is 5.90. The lowest BCUT2D eigenvalue weighted by molar-refractivity contribution is -0.126. The first-order valence-electron chi connectivity index (χ1n) is 14.4. The van der Waals surface area contributed by atoms with Crippen LogP contribution < -0.4 is 5.32 Å². The van der Waals surface area contributed by atoms with Crippen molar-refractivity contribution in [1.29, 1.82) is 0 Å². The molecule has 1 aliphatic heterocycles. The number of carbonyl (C=O) groups excluding carboxylic acids is 2. The van der Waals surface area contributed by atoms with E-state index < -0.39 is 19.2 Å². The third-order valence-corrected chi connectivity index (χ3v) is 9.69. The van der Waals surface area contributed by atoms with E-state index in [9.17, 15) is 9.59 Å². The van der Waals surface area contributed by atoms with Gasteiger partial charge in [-0.3, -0.25) is 4.79 Å². The van der Waals surface area contributed by atoms with Crippen LogP contribution in [0.1, 0.15) is 58.7 Å². The quantitative estimate of drug-likeness (QED) is 0.323. The fraction of sp³-hybridized carbons (Fsp3) is 0.700. The summed E-state index contributed by atoms with van der Waals surface area (Å²) in [7, 11) is -1.17. The van der Waals surface area contributed by atoms with E-state index in [0.29, 0.717) is 31.7 Å². The van der Waals surface area contributed by atoms with Crippen LogP contribution in [-0.4, -0.2) is 60.1 Å². The van der Waals surface area contributed by atoms with Gasteiger partial charge >= 0.3 is 6.09 Å². The Hall–Kier alpha value is -2.39. The first-order chi connectivity index (χ1) is 18.0. The molecule has 1 saturated heterocycles. The van der Waals surface area contributed by atoms with E-state index in [2.05, 4.69) is 44.0 Å². The van der Waals surface area contributed by atoms with Crippen molar-refractivity contribution >= 4 is 31.0 Å². The topological polar surface area (TPSA) is 85.7 Å². The normalized spacial score (nSPS) is 21.9. The summed E-state index contributed by atoms with van der Waals surface area (Å²) in [6, 6.07) is 7.34. The SMILES string of the molecule is Cc1cccc2c(C(C)(C)NC(=O)[C@H]3C[C@@H]4CN(C(=O)OC(C)(C)C)C[C@@H]4C3)nn(COCC[Si](C)(C)C)c12. The summed E-state index contributed by atoms with van der Waals surface area (Å²) in [6.45, 7) is 21.3. The maximum Gasteiger partial charge on any atom is 0.410 e. The highest BCUT2D eigenvalue weighted by molar-refractivity contribution is 6.76. The third kappa shape index (κ3) is 7.04. The highest BCUT2D eigenvalue weighted by Crippen LogP contribution is 2.42. The first-order valence-corrected chi connectivity index (χ1v) is 18.1. The molecule has 1 saturated carbocycles. The number of amides is 2. The summed E-state index contributed by atoms with van der Waals surface area (Å²) in [5.74, 6) is 0.694. The fourth-order valence-electron chi connectivity index (χ4n) is 5.96. The van der Waals surface area contributed by atoms with Crippen LogP contribution in [0.3, 0.4) is 0 Å². The Bertz CT molecular complexity index is 1200. The lowest BCUT2D eigenvalue weighted by Crippen LogP contribution is -2.44. The second-order valence-corrected chi connectivity index (χ2v) is 20.0. The van der Waals surface area contributed by atoms with Crippen LogP contribution in [0.25, 0.3) is 10.9 Å². The average Bonchev–Trinajstić information content (AvgIpc) is 3.47. The standard InChI is InChI=1S/C30H48N4O4Si/c1-20-11-10-12-24-25(20)34(19-37-13-14-39(7,8)9)32-26(24)30(5,6)31-27(35)21-15-22-17-33(18-23(22)16-21)28(36)38-29(2,3)4/h10-12,21-23H,13-19H2,1-9H3,(H,31,35)/t21-,22+,23-. The number of hydrogen-bond acceptors (Lipinski definition) is 5. The van der Waals surface area contributed by atoms with Gasteiger partial charge < -0.3 is 19.7 Å². The lowest BCUT2D eigenvalue weighted by Gasteiger charge is -2.28. The summed E-state index contributed by atoms with van der Waals surface area (Å²) < 4.78 is 13.6. The summed E-state index contributed by atoms with van der Waals surface area (Å²) in [5, 5.41) is 9.35. The molecular formula is C30H48N4O4Si. The van der Waals surface area contributed by atoms with Gasteiger partial charge in [-0.1, -0.05) is 37.8 Å². The minimum atomic E-state index is -1.17. The molecule has 1 N–H and O–H groups in total. The van der Waals surface area contributed by atoms with Crippen molar-refractivity contribution in [3.8, 4) is 0 Å². The van der Waals surface area contributed by atoms with Crippen molar-refractivity contribution in [2.45, 2.75) is 97.9 Å². The zero-order chi connectivity index (χ0) is 28.8. The van der Waals surface area contributed by atoms with Crippen LogP contribution >= 0.6 is 0 Å². The summed E-state index contributed by atoms with van der Waals surface area (Å²) in [4.78, 5) is 27.8. The van der Waals surface area contributed by atoms with E-state index in [1.165, 1.54) is 0 Å². The number of carbonyl (C=O) groups is 2. The van der Waals surface area contributed by atoms with Crippen LogP contribution in [-0.2, 0) is 26.5 Å². The Balaban J connectivity index is 1.42. The minimum Gasteiger partial charge on any atom is -0.444 e. The largest absolute Gasteiger partial charge is 0.444 e. The second-order valence-electron chi connectivity index (χ2n) is 14.4. The van der Waals surface area contributed by atoms with Crippen molar-refractivity contribution < 1.29 is 19.1 Å². The van der Waals surface area contributed by atoms with Gasteiger partial charge in [0.1, 0.15) is 12.3 Å². The molecule has 8 nitrogen and oxygen atoms in total. The molecule has 0 spiro atoms. The van der Waals surface area contributed by atoms with Gasteiger partial charge in [0, 0.05) is 39.1 Å². The molecule has 216 valence electrons. The average molecular weight is 557 g/mol. The monoisotopic (exact) mass is 556 g/mol. The zero-order valence-electron chi connectivity index (χ0n) is 25.4. The van der Waals surface area contributed by atoms with Crippen molar-refractivity contribution in [2.75, 3.05) is 19.7 Å². The number of aryl methyl sites for hydroxylation is 1. The predicted molar refractivity (Wildman–Crippen MR) is 157 cm³/mol. The number of hydrogen-bond donors (Lipinski definition) is 1. The molecule has 2 aromatic rings. The molecule has 0 radical (unpaired) electrons. The number of para-hydroxylation sites is 1. The maximum atomic E-state index is 13.5. The Morgan fingerprint density at radius 2 is 1.72 bits per heavy atom. The van der Waals surface area contributed by atoms with Gasteiger partial charge in [-0.15, -0.1) is 0 Å². The molecule has 1 aromatic heterocycles. The van der Waals surface area contributed by atoms with Crippen molar-refractivity contribution in [2.24, 2.45) is 17.8 Å². The Labute approximate surface area is 234 Å². The van der Waals surface area contributed by atoms with Gasteiger partial charge in [0.05, 0.1) is 16.7 Å².